The number of halogens is 1. The number of nitrogens with zero attached hydrogens (tertiary/aromatic N) is 5. The second-order valence-electron chi connectivity index (χ2n) is 7.16. The largest absolute Gasteiger partial charge is 0.377 e. The number of methoxy groups -OCH3 is 1. The maximum Gasteiger partial charge on any atom is 0.191 e. The summed E-state index contributed by atoms with van der Waals surface area (Å²) < 4.78 is 7.12. The van der Waals surface area contributed by atoms with Crippen molar-refractivity contribution >= 4 is 29.9 Å². The SMILES string of the molecule is CN=C(NCC1CCCN(C)C1)NC1CCc2nc(COC)nn2C1.I. The summed E-state index contributed by atoms with van der Waals surface area (Å²) in [6.07, 6.45) is 4.55. The Morgan fingerprint density at radius 1 is 1.35 bits per heavy atom. The van der Waals surface area contributed by atoms with E-state index in [9.17, 15) is 0 Å². The fourth-order valence-electron chi connectivity index (χ4n) is 3.74. The van der Waals surface area contributed by atoms with Gasteiger partial charge < -0.3 is 20.3 Å². The number of ether oxygens (including phenoxy) is 1. The van der Waals surface area contributed by atoms with Gasteiger partial charge in [-0.3, -0.25) is 4.99 Å². The van der Waals surface area contributed by atoms with Crippen molar-refractivity contribution in [2.45, 2.75) is 44.9 Å². The molecular formula is C17H32IN7O. The number of nitrogens with one attached hydrogen (secondary N) is 2. The third-order valence-corrected chi connectivity index (χ3v) is 5.02. The molecule has 0 aromatic carbocycles. The van der Waals surface area contributed by atoms with Gasteiger partial charge >= 0.3 is 0 Å². The van der Waals surface area contributed by atoms with Crippen molar-refractivity contribution < 1.29 is 4.74 Å². The van der Waals surface area contributed by atoms with Crippen molar-refractivity contribution in [2.75, 3.05) is 40.8 Å². The lowest BCUT2D eigenvalue weighted by Gasteiger charge is -2.31. The molecule has 0 spiro atoms. The lowest BCUT2D eigenvalue weighted by molar-refractivity contribution is 0.177. The van der Waals surface area contributed by atoms with Crippen LogP contribution in [0.3, 0.4) is 0 Å². The number of hydrogen-bond donors (Lipinski definition) is 2. The Balaban J connectivity index is 0.00000243. The number of guanidine groups is 1. The Bertz CT molecular complexity index is 592. The summed E-state index contributed by atoms with van der Waals surface area (Å²) in [5.41, 5.74) is 0. The molecule has 0 bridgehead atoms. The Kier molecular flexibility index (Phi) is 8.55. The minimum Gasteiger partial charge on any atom is -0.377 e. The molecule has 1 aromatic rings. The molecule has 0 aliphatic carbocycles. The van der Waals surface area contributed by atoms with E-state index < -0.39 is 0 Å². The zero-order valence-corrected chi connectivity index (χ0v) is 18.4. The number of rotatable bonds is 5. The highest BCUT2D eigenvalue weighted by molar-refractivity contribution is 14.0. The Labute approximate surface area is 173 Å². The van der Waals surface area contributed by atoms with E-state index in [4.69, 9.17) is 4.74 Å². The van der Waals surface area contributed by atoms with Crippen LogP contribution in [0, 0.1) is 5.92 Å². The second kappa shape index (κ2) is 10.4. The molecule has 2 N–H and O–H groups in total. The van der Waals surface area contributed by atoms with Gasteiger partial charge in [0.2, 0.25) is 0 Å². The summed E-state index contributed by atoms with van der Waals surface area (Å²) in [5, 5.41) is 11.6. The molecule has 0 radical (unpaired) electrons. The van der Waals surface area contributed by atoms with Crippen LogP contribution in [0.2, 0.25) is 0 Å². The lowest BCUT2D eigenvalue weighted by atomic mass is 9.98. The first kappa shape index (κ1) is 21.4. The monoisotopic (exact) mass is 477 g/mol. The van der Waals surface area contributed by atoms with Gasteiger partial charge in [0.1, 0.15) is 12.4 Å². The van der Waals surface area contributed by atoms with Crippen LogP contribution in [0.25, 0.3) is 0 Å². The number of piperidine rings is 1. The quantitative estimate of drug-likeness (QED) is 0.372. The Morgan fingerprint density at radius 2 is 2.19 bits per heavy atom. The fourth-order valence-corrected chi connectivity index (χ4v) is 3.74. The summed E-state index contributed by atoms with van der Waals surface area (Å²) in [4.78, 5) is 11.3. The molecule has 148 valence electrons. The highest BCUT2D eigenvalue weighted by atomic mass is 127. The van der Waals surface area contributed by atoms with Crippen LogP contribution in [0.1, 0.15) is 30.9 Å². The van der Waals surface area contributed by atoms with Gasteiger partial charge in [-0.25, -0.2) is 9.67 Å². The summed E-state index contributed by atoms with van der Waals surface area (Å²) in [5.74, 6) is 3.40. The maximum absolute atomic E-state index is 5.12. The summed E-state index contributed by atoms with van der Waals surface area (Å²) in [7, 11) is 5.71. The third-order valence-electron chi connectivity index (χ3n) is 5.02. The molecule has 8 nitrogen and oxygen atoms in total. The van der Waals surface area contributed by atoms with Gasteiger partial charge in [0.25, 0.3) is 0 Å². The normalized spacial score (nSPS) is 23.9. The van der Waals surface area contributed by atoms with Gasteiger partial charge in [-0.05, 0) is 38.8 Å². The minimum atomic E-state index is 0. The standard InChI is InChI=1S/C17H31N7O.HI/c1-18-17(19-9-13-5-4-8-23(2)10-13)20-14-6-7-16-21-15(12-25-3)22-24(16)11-14;/h13-14H,4-12H2,1-3H3,(H2,18,19,20);1H. The number of aliphatic imine (C=N–C) groups is 1. The molecule has 1 saturated heterocycles. The number of likely N-dealkylation sites (tertiary alicyclic amines) is 1. The van der Waals surface area contributed by atoms with Crippen molar-refractivity contribution in [3.63, 3.8) is 0 Å². The van der Waals surface area contributed by atoms with Gasteiger partial charge in [0.05, 0.1) is 6.54 Å². The molecule has 2 aliphatic rings. The van der Waals surface area contributed by atoms with Crippen molar-refractivity contribution in [3.8, 4) is 0 Å². The first-order chi connectivity index (χ1) is 12.2. The minimum absolute atomic E-state index is 0. The molecule has 2 unspecified atom stereocenters. The van der Waals surface area contributed by atoms with Crippen LogP contribution in [-0.4, -0.2) is 72.5 Å². The van der Waals surface area contributed by atoms with E-state index in [1.54, 1.807) is 7.11 Å². The van der Waals surface area contributed by atoms with Crippen LogP contribution < -0.4 is 10.6 Å². The van der Waals surface area contributed by atoms with E-state index in [1.807, 2.05) is 11.7 Å². The van der Waals surface area contributed by atoms with Crippen molar-refractivity contribution in [1.82, 2.24) is 30.3 Å². The average Bonchev–Trinajstić information content (AvgIpc) is 3.00. The zero-order valence-electron chi connectivity index (χ0n) is 16.1. The first-order valence-corrected chi connectivity index (χ1v) is 9.25. The highest BCUT2D eigenvalue weighted by Crippen LogP contribution is 2.15. The molecule has 1 aromatic heterocycles. The third kappa shape index (κ3) is 5.78. The zero-order chi connectivity index (χ0) is 17.6. The van der Waals surface area contributed by atoms with E-state index >= 15 is 0 Å². The fraction of sp³-hybridized carbons (Fsp3) is 0.824. The van der Waals surface area contributed by atoms with Gasteiger partial charge in [0, 0.05) is 39.7 Å². The van der Waals surface area contributed by atoms with E-state index in [2.05, 4.69) is 37.7 Å². The van der Waals surface area contributed by atoms with Crippen LogP contribution in [0.5, 0.6) is 0 Å². The van der Waals surface area contributed by atoms with Crippen molar-refractivity contribution in [2.24, 2.45) is 10.9 Å². The highest BCUT2D eigenvalue weighted by Gasteiger charge is 2.23. The topological polar surface area (TPSA) is 79.6 Å². The molecular weight excluding hydrogens is 445 g/mol. The Morgan fingerprint density at radius 3 is 2.92 bits per heavy atom. The van der Waals surface area contributed by atoms with Crippen molar-refractivity contribution in [3.05, 3.63) is 11.6 Å². The molecule has 0 saturated carbocycles. The summed E-state index contributed by atoms with van der Waals surface area (Å²) >= 11 is 0. The number of hydrogen-bond acceptors (Lipinski definition) is 5. The number of aryl methyl sites for hydroxylation is 1. The van der Waals surface area contributed by atoms with Gasteiger partial charge in [0.15, 0.2) is 11.8 Å². The molecule has 1 fully saturated rings. The predicted molar refractivity (Wildman–Crippen MR) is 113 cm³/mol. The number of aromatic nitrogens is 3. The van der Waals surface area contributed by atoms with E-state index in [1.165, 1.54) is 19.4 Å². The van der Waals surface area contributed by atoms with Gasteiger partial charge in [-0.1, -0.05) is 0 Å². The number of fused-ring (bicyclic) bond motifs is 1. The first-order valence-electron chi connectivity index (χ1n) is 9.25. The smallest absolute Gasteiger partial charge is 0.191 e. The summed E-state index contributed by atoms with van der Waals surface area (Å²) in [6, 6.07) is 0.324. The molecule has 2 aliphatic heterocycles. The van der Waals surface area contributed by atoms with Gasteiger partial charge in [-0.15, -0.1) is 24.0 Å². The van der Waals surface area contributed by atoms with E-state index in [0.717, 1.165) is 50.1 Å². The molecule has 26 heavy (non-hydrogen) atoms. The van der Waals surface area contributed by atoms with E-state index in [-0.39, 0.29) is 24.0 Å². The molecule has 9 heteroatoms. The molecule has 0 amide bonds. The molecule has 2 atom stereocenters. The average molecular weight is 477 g/mol. The maximum atomic E-state index is 5.12. The Hall–Kier alpha value is -0.940. The second-order valence-corrected chi connectivity index (χ2v) is 7.16. The molecule has 3 heterocycles. The van der Waals surface area contributed by atoms with Crippen LogP contribution in [-0.2, 0) is 24.3 Å². The lowest BCUT2D eigenvalue weighted by Crippen LogP contribution is -2.49. The van der Waals surface area contributed by atoms with Crippen LogP contribution in [0.15, 0.2) is 4.99 Å². The van der Waals surface area contributed by atoms with Crippen molar-refractivity contribution in [1.29, 1.82) is 0 Å². The van der Waals surface area contributed by atoms with Gasteiger partial charge in [-0.2, -0.15) is 5.10 Å². The molecule has 3 rings (SSSR count). The van der Waals surface area contributed by atoms with E-state index in [0.29, 0.717) is 18.6 Å². The summed E-state index contributed by atoms with van der Waals surface area (Å²) in [6.45, 7) is 4.65. The predicted octanol–water partition coefficient (Wildman–Crippen LogP) is 0.864. The van der Waals surface area contributed by atoms with Crippen LogP contribution >= 0.6 is 24.0 Å². The van der Waals surface area contributed by atoms with Crippen LogP contribution in [0.4, 0.5) is 0 Å².